The minimum atomic E-state index is -1.07. The Morgan fingerprint density at radius 3 is 2.83 bits per heavy atom. The average Bonchev–Trinajstić information content (AvgIpc) is 2.54. The monoisotopic (exact) mass is 347 g/mol. The van der Waals surface area contributed by atoms with Gasteiger partial charge in [0.1, 0.15) is 5.56 Å². The molecule has 1 heterocycles. The lowest BCUT2D eigenvalue weighted by molar-refractivity contribution is 0.0697. The summed E-state index contributed by atoms with van der Waals surface area (Å²) in [6, 6.07) is 5.85. The number of hydrogen-bond acceptors (Lipinski definition) is 5. The van der Waals surface area contributed by atoms with E-state index in [0.29, 0.717) is 12.1 Å². The van der Waals surface area contributed by atoms with Crippen molar-refractivity contribution >= 4 is 30.1 Å². The molecule has 0 bridgehead atoms. The van der Waals surface area contributed by atoms with Gasteiger partial charge in [0.25, 0.3) is 5.56 Å². The van der Waals surface area contributed by atoms with E-state index in [2.05, 4.69) is 9.98 Å². The first-order chi connectivity index (χ1) is 11.3. The zero-order valence-corrected chi connectivity index (χ0v) is 14.0. The van der Waals surface area contributed by atoms with Gasteiger partial charge in [-0.3, -0.25) is 19.3 Å². The highest BCUT2D eigenvalue weighted by Crippen LogP contribution is 2.21. The van der Waals surface area contributed by atoms with Crippen molar-refractivity contribution in [2.24, 2.45) is 4.99 Å². The van der Waals surface area contributed by atoms with Gasteiger partial charge in [-0.1, -0.05) is 13.0 Å². The van der Waals surface area contributed by atoms with Gasteiger partial charge < -0.3 is 10.2 Å². The number of benzene rings is 1. The predicted octanol–water partition coefficient (Wildman–Crippen LogP) is 3.03. The van der Waals surface area contributed by atoms with Gasteiger partial charge in [0.2, 0.25) is 5.88 Å². The Hall–Kier alpha value is -2.74. The molecule has 24 heavy (non-hydrogen) atoms. The highest BCUT2D eigenvalue weighted by molar-refractivity contribution is 7.71. The van der Waals surface area contributed by atoms with E-state index in [4.69, 9.17) is 17.3 Å². The molecule has 0 amide bonds. The summed E-state index contributed by atoms with van der Waals surface area (Å²) in [4.78, 5) is 29.6. The highest BCUT2D eigenvalue weighted by Gasteiger charge is 2.14. The number of aromatic hydroxyl groups is 1. The van der Waals surface area contributed by atoms with E-state index in [1.807, 2.05) is 13.8 Å². The number of carbonyl (C=O) groups is 1. The molecule has 0 fully saturated rings. The molecule has 0 aliphatic heterocycles. The fraction of sp³-hybridized carbons (Fsp3) is 0.250. The Morgan fingerprint density at radius 2 is 2.21 bits per heavy atom. The number of aliphatic imine (C=N–C) groups is 1. The number of nitrogens with one attached hydrogen (secondary N) is 1. The molecule has 1 atom stereocenters. The topological polar surface area (TPSA) is 108 Å². The van der Waals surface area contributed by atoms with Crippen LogP contribution in [0, 0.1) is 4.77 Å². The third-order valence-electron chi connectivity index (χ3n) is 3.62. The van der Waals surface area contributed by atoms with E-state index in [9.17, 15) is 14.7 Å². The van der Waals surface area contributed by atoms with Crippen molar-refractivity contribution in [2.45, 2.75) is 26.3 Å². The molecule has 8 heteroatoms. The van der Waals surface area contributed by atoms with E-state index >= 15 is 0 Å². The van der Waals surface area contributed by atoms with Gasteiger partial charge in [0.05, 0.1) is 11.3 Å². The van der Waals surface area contributed by atoms with Gasteiger partial charge in [-0.05, 0) is 43.8 Å². The minimum Gasteiger partial charge on any atom is -0.494 e. The number of carboxylic acids is 1. The van der Waals surface area contributed by atoms with Gasteiger partial charge in [0, 0.05) is 12.3 Å². The number of aromatic nitrogens is 2. The average molecular weight is 347 g/mol. The first-order valence-electron chi connectivity index (χ1n) is 7.30. The van der Waals surface area contributed by atoms with Crippen molar-refractivity contribution in [1.82, 2.24) is 9.55 Å². The van der Waals surface area contributed by atoms with Crippen LogP contribution in [-0.2, 0) is 0 Å². The molecule has 1 unspecified atom stereocenters. The second-order valence-electron chi connectivity index (χ2n) is 5.24. The fourth-order valence-corrected chi connectivity index (χ4v) is 2.48. The molecule has 0 saturated heterocycles. The molecule has 0 aliphatic carbocycles. The molecule has 0 radical (unpaired) electrons. The van der Waals surface area contributed by atoms with Gasteiger partial charge in [-0.15, -0.1) is 0 Å². The van der Waals surface area contributed by atoms with Gasteiger partial charge in [-0.2, -0.15) is 0 Å². The van der Waals surface area contributed by atoms with Crippen LogP contribution in [0.5, 0.6) is 5.88 Å². The van der Waals surface area contributed by atoms with E-state index in [1.54, 1.807) is 12.1 Å². The number of aromatic amines is 1. The standard InChI is InChI=1S/C16H17N3O4S/c1-3-9(2)19-14(21)12(13(20)18-16(19)24)8-17-11-6-4-5-10(7-11)15(22)23/h4-9,21H,3H2,1-2H3,(H,22,23)(H,18,20,24). The van der Waals surface area contributed by atoms with E-state index in [1.165, 1.54) is 22.9 Å². The van der Waals surface area contributed by atoms with Crippen LogP contribution in [0.15, 0.2) is 34.1 Å². The molecule has 0 saturated carbocycles. The number of carboxylic acid groups (broad SMARTS) is 1. The number of rotatable bonds is 5. The molecular formula is C16H17N3O4S. The SMILES string of the molecule is CCC(C)n1c(O)c(C=Nc2cccc(C(=O)O)c2)c(=O)[nH]c1=S. The van der Waals surface area contributed by atoms with Crippen molar-refractivity contribution in [1.29, 1.82) is 0 Å². The second-order valence-corrected chi connectivity index (χ2v) is 5.62. The number of nitrogens with zero attached hydrogens (tertiary/aromatic N) is 2. The van der Waals surface area contributed by atoms with Crippen molar-refractivity contribution in [2.75, 3.05) is 0 Å². The second kappa shape index (κ2) is 7.22. The van der Waals surface area contributed by atoms with Crippen LogP contribution in [0.4, 0.5) is 5.69 Å². The molecule has 1 aromatic heterocycles. The summed E-state index contributed by atoms with van der Waals surface area (Å²) >= 11 is 5.09. The van der Waals surface area contributed by atoms with Crippen molar-refractivity contribution in [3.63, 3.8) is 0 Å². The van der Waals surface area contributed by atoms with Gasteiger partial charge >= 0.3 is 5.97 Å². The van der Waals surface area contributed by atoms with Crippen LogP contribution >= 0.6 is 12.2 Å². The Kier molecular flexibility index (Phi) is 5.30. The summed E-state index contributed by atoms with van der Waals surface area (Å²) in [5.74, 6) is -1.34. The highest BCUT2D eigenvalue weighted by atomic mass is 32.1. The maximum absolute atomic E-state index is 12.0. The number of hydrogen-bond donors (Lipinski definition) is 3. The van der Waals surface area contributed by atoms with Crippen LogP contribution in [0.3, 0.4) is 0 Å². The van der Waals surface area contributed by atoms with E-state index in [-0.39, 0.29) is 27.8 Å². The van der Waals surface area contributed by atoms with Crippen LogP contribution in [0.25, 0.3) is 0 Å². The lowest BCUT2D eigenvalue weighted by Crippen LogP contribution is -2.20. The summed E-state index contributed by atoms with van der Waals surface area (Å²) in [5.41, 5.74) is -0.163. The first-order valence-corrected chi connectivity index (χ1v) is 7.71. The quantitative estimate of drug-likeness (QED) is 0.569. The zero-order valence-electron chi connectivity index (χ0n) is 13.2. The Morgan fingerprint density at radius 1 is 1.50 bits per heavy atom. The first kappa shape index (κ1) is 17.6. The van der Waals surface area contributed by atoms with Crippen LogP contribution in [0.2, 0.25) is 0 Å². The zero-order chi connectivity index (χ0) is 17.9. The van der Waals surface area contributed by atoms with Gasteiger partial charge in [0.15, 0.2) is 4.77 Å². The minimum absolute atomic E-state index is 0.0374. The third kappa shape index (κ3) is 3.60. The number of H-pyrrole nitrogens is 1. The van der Waals surface area contributed by atoms with Crippen molar-refractivity contribution in [3.05, 3.63) is 50.5 Å². The molecule has 3 N–H and O–H groups in total. The number of aromatic carboxylic acids is 1. The summed E-state index contributed by atoms with van der Waals surface area (Å²) in [6.45, 7) is 3.80. The Labute approximate surface area is 142 Å². The molecular weight excluding hydrogens is 330 g/mol. The van der Waals surface area contributed by atoms with Crippen LogP contribution in [0.1, 0.15) is 42.2 Å². The van der Waals surface area contributed by atoms with Crippen molar-refractivity contribution in [3.8, 4) is 5.88 Å². The maximum atomic E-state index is 12.0. The summed E-state index contributed by atoms with van der Waals surface area (Å²) < 4.78 is 1.59. The lowest BCUT2D eigenvalue weighted by atomic mass is 10.2. The van der Waals surface area contributed by atoms with Crippen LogP contribution < -0.4 is 5.56 Å². The molecule has 0 aliphatic rings. The fourth-order valence-electron chi connectivity index (χ4n) is 2.12. The molecule has 1 aromatic carbocycles. The predicted molar refractivity (Wildman–Crippen MR) is 93.2 cm³/mol. The smallest absolute Gasteiger partial charge is 0.335 e. The van der Waals surface area contributed by atoms with Crippen molar-refractivity contribution < 1.29 is 15.0 Å². The van der Waals surface area contributed by atoms with E-state index in [0.717, 1.165) is 0 Å². The lowest BCUT2D eigenvalue weighted by Gasteiger charge is -2.16. The van der Waals surface area contributed by atoms with Crippen LogP contribution in [-0.4, -0.2) is 31.9 Å². The normalized spacial score (nSPS) is 12.4. The summed E-state index contributed by atoms with van der Waals surface area (Å²) in [5, 5.41) is 19.3. The largest absolute Gasteiger partial charge is 0.494 e. The molecule has 7 nitrogen and oxygen atoms in total. The Balaban J connectivity index is 2.50. The Bertz CT molecular complexity index is 914. The molecule has 2 aromatic rings. The van der Waals surface area contributed by atoms with E-state index < -0.39 is 11.5 Å². The molecule has 2 rings (SSSR count). The summed E-state index contributed by atoms with van der Waals surface area (Å²) in [6.07, 6.45) is 1.91. The third-order valence-corrected chi connectivity index (χ3v) is 3.92. The molecule has 0 spiro atoms. The molecule has 126 valence electrons. The summed E-state index contributed by atoms with van der Waals surface area (Å²) in [7, 11) is 0. The van der Waals surface area contributed by atoms with Gasteiger partial charge in [-0.25, -0.2) is 4.79 Å². The maximum Gasteiger partial charge on any atom is 0.335 e.